The van der Waals surface area contributed by atoms with Gasteiger partial charge in [-0.1, -0.05) is 148 Å². The first kappa shape index (κ1) is 51.7. The molecule has 338 valence electrons. The lowest BCUT2D eigenvalue weighted by molar-refractivity contribution is -0.282. The van der Waals surface area contributed by atoms with E-state index < -0.39 is 17.7 Å². The second-order valence-corrected chi connectivity index (χ2v) is 17.3. The molecule has 0 spiro atoms. The third kappa shape index (κ3) is 24.6. The van der Waals surface area contributed by atoms with Gasteiger partial charge in [0, 0.05) is 36.0 Å². The van der Waals surface area contributed by atoms with E-state index in [4.69, 9.17) is 28.4 Å². The topological polar surface area (TPSA) is 107 Å². The molecule has 10 heteroatoms. The van der Waals surface area contributed by atoms with Crippen molar-refractivity contribution in [3.8, 4) is 23.3 Å². The van der Waals surface area contributed by atoms with Gasteiger partial charge in [-0.25, -0.2) is 14.4 Å². The Morgan fingerprint density at radius 2 is 1.15 bits per heavy atom. The molecule has 61 heavy (non-hydrogen) atoms. The fourth-order valence-electron chi connectivity index (χ4n) is 6.88. The summed E-state index contributed by atoms with van der Waals surface area (Å²) >= 11 is 1.80. The van der Waals surface area contributed by atoms with Crippen LogP contribution < -0.4 is 9.47 Å². The molecular formula is C51H74O9S. The predicted octanol–water partition coefficient (Wildman–Crippen LogP) is 12.5. The van der Waals surface area contributed by atoms with Crippen LogP contribution in [0, 0.1) is 11.8 Å². The first-order valence-electron chi connectivity index (χ1n) is 23.3. The van der Waals surface area contributed by atoms with Crippen molar-refractivity contribution in [2.75, 3.05) is 32.2 Å². The van der Waals surface area contributed by atoms with Crippen LogP contribution in [-0.2, 0) is 33.3 Å². The van der Waals surface area contributed by atoms with Gasteiger partial charge in [0.05, 0.1) is 19.8 Å². The molecular weight excluding hydrogens is 789 g/mol. The van der Waals surface area contributed by atoms with E-state index in [-0.39, 0.29) is 25.3 Å². The van der Waals surface area contributed by atoms with E-state index in [1.807, 2.05) is 12.1 Å². The second kappa shape index (κ2) is 33.0. The molecule has 0 atom stereocenters. The standard InChI is InChI=1S/C51H74O9S/c1-4-6-7-8-9-10-11-12-13-16-19-22-25-38-55-46-41-57-51(3,58-42-46)50(54)60-45-31-28-43(29-32-45)30-37-49(53)59-44-33-35-47(36-34-44)61-40-27-24-21-18-15-14-17-20-23-26-39-56-48(52)5-2/h5,28-29,31-36,46H,2,4,6-27,38-42H2,1,3H3. The van der Waals surface area contributed by atoms with E-state index in [1.165, 1.54) is 128 Å². The Kier molecular flexibility index (Phi) is 28.0. The largest absolute Gasteiger partial charge is 0.463 e. The van der Waals surface area contributed by atoms with Crippen LogP contribution in [0.4, 0.5) is 0 Å². The molecule has 1 heterocycles. The predicted molar refractivity (Wildman–Crippen MR) is 245 cm³/mol. The minimum Gasteiger partial charge on any atom is -0.463 e. The van der Waals surface area contributed by atoms with Gasteiger partial charge in [-0.3, -0.25) is 0 Å². The number of hydrogen-bond donors (Lipinski definition) is 0. The van der Waals surface area contributed by atoms with E-state index in [9.17, 15) is 14.4 Å². The molecule has 1 aliphatic rings. The van der Waals surface area contributed by atoms with Gasteiger partial charge < -0.3 is 28.4 Å². The number of thioether (sulfide) groups is 1. The van der Waals surface area contributed by atoms with Crippen LogP contribution in [0.2, 0.25) is 0 Å². The maximum Gasteiger partial charge on any atom is 0.390 e. The molecule has 0 radical (unpaired) electrons. The number of esters is 3. The molecule has 0 bridgehead atoms. The van der Waals surface area contributed by atoms with Gasteiger partial charge in [0.1, 0.15) is 17.6 Å². The van der Waals surface area contributed by atoms with Crippen LogP contribution in [0.25, 0.3) is 0 Å². The smallest absolute Gasteiger partial charge is 0.390 e. The first-order chi connectivity index (χ1) is 29.8. The van der Waals surface area contributed by atoms with E-state index in [0.717, 1.165) is 36.3 Å². The molecule has 1 aliphatic heterocycles. The zero-order valence-electron chi connectivity index (χ0n) is 37.4. The zero-order chi connectivity index (χ0) is 43.6. The molecule has 9 nitrogen and oxygen atoms in total. The number of ether oxygens (including phenoxy) is 6. The van der Waals surface area contributed by atoms with E-state index in [2.05, 4.69) is 25.3 Å². The lowest BCUT2D eigenvalue weighted by Gasteiger charge is -2.35. The highest BCUT2D eigenvalue weighted by Crippen LogP contribution is 2.25. The van der Waals surface area contributed by atoms with Gasteiger partial charge in [0.15, 0.2) is 0 Å². The van der Waals surface area contributed by atoms with Crippen molar-refractivity contribution in [1.29, 1.82) is 0 Å². The average molecular weight is 863 g/mol. The summed E-state index contributed by atoms with van der Waals surface area (Å²) in [6, 6.07) is 14.0. The van der Waals surface area contributed by atoms with Crippen LogP contribution in [0.15, 0.2) is 66.1 Å². The molecule has 0 amide bonds. The number of carbonyl (C=O) groups excluding carboxylic acids is 3. The second-order valence-electron chi connectivity index (χ2n) is 16.1. The maximum absolute atomic E-state index is 12.9. The lowest BCUT2D eigenvalue weighted by atomic mass is 10.0. The van der Waals surface area contributed by atoms with Gasteiger partial charge in [-0.05, 0) is 73.5 Å². The van der Waals surface area contributed by atoms with E-state index in [0.29, 0.717) is 30.3 Å². The van der Waals surface area contributed by atoms with E-state index in [1.54, 1.807) is 55.1 Å². The quantitative estimate of drug-likeness (QED) is 0.0172. The van der Waals surface area contributed by atoms with Crippen molar-refractivity contribution in [3.05, 3.63) is 66.7 Å². The minimum atomic E-state index is -1.52. The normalized spacial score (nSPS) is 16.0. The van der Waals surface area contributed by atoms with Crippen molar-refractivity contribution in [2.24, 2.45) is 0 Å². The Hall–Kier alpha value is -3.62. The summed E-state index contributed by atoms with van der Waals surface area (Å²) in [6.07, 6.45) is 29.9. The van der Waals surface area contributed by atoms with Crippen molar-refractivity contribution >= 4 is 29.7 Å². The average Bonchev–Trinajstić information content (AvgIpc) is 3.27. The summed E-state index contributed by atoms with van der Waals surface area (Å²) in [7, 11) is 0. The molecule has 3 rings (SSSR count). The highest BCUT2D eigenvalue weighted by atomic mass is 32.2. The zero-order valence-corrected chi connectivity index (χ0v) is 38.2. The molecule has 1 saturated heterocycles. The molecule has 0 aromatic heterocycles. The van der Waals surface area contributed by atoms with Crippen LogP contribution in [0.5, 0.6) is 11.5 Å². The fourth-order valence-corrected chi connectivity index (χ4v) is 7.80. The molecule has 1 fully saturated rings. The maximum atomic E-state index is 12.9. The van der Waals surface area contributed by atoms with Crippen LogP contribution >= 0.6 is 11.8 Å². The molecule has 0 aliphatic carbocycles. The molecule has 2 aromatic rings. The highest BCUT2D eigenvalue weighted by Gasteiger charge is 2.42. The van der Waals surface area contributed by atoms with Crippen LogP contribution in [0.1, 0.15) is 167 Å². The van der Waals surface area contributed by atoms with Crippen molar-refractivity contribution < 1.29 is 42.8 Å². The third-order valence-electron chi connectivity index (χ3n) is 10.7. The Bertz CT molecular complexity index is 1550. The molecule has 2 aromatic carbocycles. The summed E-state index contributed by atoms with van der Waals surface area (Å²) in [5.41, 5.74) is 0.570. The van der Waals surface area contributed by atoms with Crippen LogP contribution in [-0.4, -0.2) is 62.0 Å². The molecule has 0 unspecified atom stereocenters. The SMILES string of the molecule is C=CC(=O)OCCCCCCCCCCCCSc1ccc(OC(=O)C#Cc2ccc(OC(=O)C3(C)OCC(OCCCCCCCCCCCCCCC)CO3)cc2)cc1. The number of rotatable bonds is 33. The Morgan fingerprint density at radius 1 is 0.672 bits per heavy atom. The van der Waals surface area contributed by atoms with Gasteiger partial charge in [0.2, 0.25) is 0 Å². The summed E-state index contributed by atoms with van der Waals surface area (Å²) in [5.74, 6) is 3.95. The minimum absolute atomic E-state index is 0.217. The molecule has 0 N–H and O–H groups in total. The number of hydrogen-bond acceptors (Lipinski definition) is 10. The van der Waals surface area contributed by atoms with Gasteiger partial charge in [-0.15, -0.1) is 11.8 Å². The Labute approximate surface area is 371 Å². The molecule has 0 saturated carbocycles. The number of unbranched alkanes of at least 4 members (excludes halogenated alkanes) is 21. The van der Waals surface area contributed by atoms with Gasteiger partial charge >= 0.3 is 17.9 Å². The first-order valence-corrected chi connectivity index (χ1v) is 24.3. The van der Waals surface area contributed by atoms with E-state index >= 15 is 0 Å². The van der Waals surface area contributed by atoms with Crippen molar-refractivity contribution in [3.63, 3.8) is 0 Å². The van der Waals surface area contributed by atoms with Crippen molar-refractivity contribution in [2.45, 2.75) is 178 Å². The highest BCUT2D eigenvalue weighted by molar-refractivity contribution is 7.99. The van der Waals surface area contributed by atoms with Gasteiger partial charge in [0.25, 0.3) is 5.79 Å². The fraction of sp³-hybridized carbons (Fsp3) is 0.627. The summed E-state index contributed by atoms with van der Waals surface area (Å²) in [4.78, 5) is 37.5. The summed E-state index contributed by atoms with van der Waals surface area (Å²) < 4.78 is 33.5. The monoisotopic (exact) mass is 863 g/mol. The summed E-state index contributed by atoms with van der Waals surface area (Å²) in [6.45, 7) is 8.87. The number of carbonyl (C=O) groups is 3. The Morgan fingerprint density at radius 3 is 1.69 bits per heavy atom. The summed E-state index contributed by atoms with van der Waals surface area (Å²) in [5, 5.41) is 0. The van der Waals surface area contributed by atoms with Crippen molar-refractivity contribution in [1.82, 2.24) is 0 Å². The van der Waals surface area contributed by atoms with Crippen LogP contribution in [0.3, 0.4) is 0 Å². The Balaban J connectivity index is 1.19. The number of benzene rings is 2. The third-order valence-corrected chi connectivity index (χ3v) is 11.8. The van der Waals surface area contributed by atoms with Gasteiger partial charge in [-0.2, -0.15) is 0 Å². The lowest BCUT2D eigenvalue weighted by Crippen LogP contribution is -2.52.